The highest BCUT2D eigenvalue weighted by atomic mass is 19.1. The van der Waals surface area contributed by atoms with Crippen LogP contribution in [-0.4, -0.2) is 39.3 Å². The molecule has 0 saturated carbocycles. The molecule has 2 heterocycles. The minimum absolute atomic E-state index is 0.0972. The first-order valence-electron chi connectivity index (χ1n) is 12.6. The summed E-state index contributed by atoms with van der Waals surface area (Å²) in [4.78, 5) is 23.7. The zero-order chi connectivity index (χ0) is 28.9. The summed E-state index contributed by atoms with van der Waals surface area (Å²) in [5.41, 5.74) is 3.22. The topological polar surface area (TPSA) is 90.8 Å². The molecule has 0 fully saturated rings. The number of carboxylic acid groups (broad SMARTS) is 1. The highest BCUT2D eigenvalue weighted by molar-refractivity contribution is 5.92. The lowest BCUT2D eigenvalue weighted by atomic mass is 10.1. The van der Waals surface area contributed by atoms with Crippen molar-refractivity contribution in [3.05, 3.63) is 118 Å². The van der Waals surface area contributed by atoms with Gasteiger partial charge >= 0.3 is 5.97 Å². The normalized spacial score (nSPS) is 11.0. The van der Waals surface area contributed by atoms with Gasteiger partial charge in [0.15, 0.2) is 5.69 Å². The van der Waals surface area contributed by atoms with Gasteiger partial charge in [-0.3, -0.25) is 0 Å². The number of carbonyl (C=O) groups is 1. The maximum Gasteiger partial charge on any atom is 0.335 e. The van der Waals surface area contributed by atoms with Crippen molar-refractivity contribution in [2.75, 3.05) is 13.7 Å². The summed E-state index contributed by atoms with van der Waals surface area (Å²) in [6.45, 7) is 7.73. The van der Waals surface area contributed by atoms with E-state index in [0.717, 1.165) is 6.07 Å². The molecule has 41 heavy (non-hydrogen) atoms. The summed E-state index contributed by atoms with van der Waals surface area (Å²) in [5, 5.41) is 9.40. The summed E-state index contributed by atoms with van der Waals surface area (Å²) in [6, 6.07) is 18.6. The van der Waals surface area contributed by atoms with Gasteiger partial charge in [-0.1, -0.05) is 24.3 Å². The number of methoxy groups -OCH3 is 1. The molecule has 0 aliphatic carbocycles. The lowest BCUT2D eigenvalue weighted by Gasteiger charge is -2.11. The van der Waals surface area contributed by atoms with Crippen molar-refractivity contribution >= 4 is 22.7 Å². The van der Waals surface area contributed by atoms with Crippen molar-refractivity contribution in [3.8, 4) is 17.1 Å². The van der Waals surface area contributed by atoms with Gasteiger partial charge in [0.2, 0.25) is 5.88 Å². The van der Waals surface area contributed by atoms with E-state index < -0.39 is 17.6 Å². The molecule has 0 atom stereocenters. The molecule has 5 rings (SSSR count). The van der Waals surface area contributed by atoms with Crippen LogP contribution in [0.5, 0.6) is 5.88 Å². The Labute approximate surface area is 234 Å². The zero-order valence-electron chi connectivity index (χ0n) is 22.0. The summed E-state index contributed by atoms with van der Waals surface area (Å²) in [5.74, 6) is -1.21. The summed E-state index contributed by atoms with van der Waals surface area (Å²) in [7, 11) is 1.58. The fourth-order valence-electron chi connectivity index (χ4n) is 4.45. The number of halogens is 2. The first-order valence-corrected chi connectivity index (χ1v) is 12.6. The molecule has 0 amide bonds. The average Bonchev–Trinajstić information content (AvgIpc) is 3.31. The number of hydrogen-bond acceptors (Lipinski definition) is 5. The lowest BCUT2D eigenvalue weighted by Crippen LogP contribution is -2.09. The Bertz CT molecular complexity index is 1800. The van der Waals surface area contributed by atoms with Crippen LogP contribution < -0.4 is 4.74 Å². The number of hydrogen-bond donors (Lipinski definition) is 1. The van der Waals surface area contributed by atoms with E-state index in [4.69, 9.17) is 16.0 Å². The molecular weight excluding hydrogens is 530 g/mol. The molecule has 206 valence electrons. The molecule has 0 unspecified atom stereocenters. The van der Waals surface area contributed by atoms with Crippen molar-refractivity contribution in [2.24, 2.45) is 0 Å². The summed E-state index contributed by atoms with van der Waals surface area (Å²) >= 11 is 0. The molecular formula is C31H24F2N4O4. The standard InChI is InChI=1S/C31H24F2N4O4/c1-34-22-9-7-21(24(32)17-22)18-41-30-5-3-4-26(36-30)23-10-6-19(14-25(23)33)15-29-35-27-11-8-20(31(38)39)16-28(27)37(29)12-13-40-2/h3-11,14,16-17H,12-13,15,18H2,2H3,(H,38,39). The summed E-state index contributed by atoms with van der Waals surface area (Å²) in [6.07, 6.45) is 0.312. The fraction of sp³-hybridized carbons (Fsp3) is 0.161. The van der Waals surface area contributed by atoms with E-state index in [1.54, 1.807) is 49.6 Å². The first kappa shape index (κ1) is 27.4. The molecule has 0 spiro atoms. The number of benzene rings is 3. The second-order valence-corrected chi connectivity index (χ2v) is 9.21. The minimum Gasteiger partial charge on any atom is -0.478 e. The van der Waals surface area contributed by atoms with Crippen molar-refractivity contribution < 1.29 is 28.2 Å². The van der Waals surface area contributed by atoms with Gasteiger partial charge in [-0.15, -0.1) is 0 Å². The molecule has 0 saturated heterocycles. The van der Waals surface area contributed by atoms with Gasteiger partial charge in [-0.05, 0) is 48.0 Å². The monoisotopic (exact) mass is 554 g/mol. The SMILES string of the molecule is [C-]#[N+]c1ccc(COc2cccc(-c3ccc(Cc4nc5ccc(C(=O)O)cc5n4CCOC)cc3F)n2)c(F)c1. The number of aromatic carboxylic acids is 1. The predicted molar refractivity (Wildman–Crippen MR) is 148 cm³/mol. The van der Waals surface area contributed by atoms with Crippen LogP contribution in [0.1, 0.15) is 27.3 Å². The maximum absolute atomic E-state index is 15.3. The third-order valence-electron chi connectivity index (χ3n) is 6.53. The molecule has 0 aliphatic rings. The van der Waals surface area contributed by atoms with Crippen LogP contribution in [0.15, 0.2) is 72.8 Å². The Morgan fingerprint density at radius 2 is 1.88 bits per heavy atom. The largest absolute Gasteiger partial charge is 0.478 e. The van der Waals surface area contributed by atoms with Crippen LogP contribution in [-0.2, 0) is 24.3 Å². The number of nitrogens with zero attached hydrogens (tertiary/aromatic N) is 4. The van der Waals surface area contributed by atoms with Crippen molar-refractivity contribution in [1.29, 1.82) is 0 Å². The van der Waals surface area contributed by atoms with E-state index in [9.17, 15) is 14.3 Å². The molecule has 0 radical (unpaired) electrons. The van der Waals surface area contributed by atoms with Crippen LogP contribution in [0.4, 0.5) is 14.5 Å². The Morgan fingerprint density at radius 3 is 2.61 bits per heavy atom. The van der Waals surface area contributed by atoms with Crippen LogP contribution in [0.3, 0.4) is 0 Å². The van der Waals surface area contributed by atoms with E-state index in [1.165, 1.54) is 24.3 Å². The number of imidazole rings is 1. The second-order valence-electron chi connectivity index (χ2n) is 9.21. The van der Waals surface area contributed by atoms with Crippen molar-refractivity contribution in [1.82, 2.24) is 14.5 Å². The Kier molecular flexibility index (Phi) is 7.99. The molecule has 2 aromatic heterocycles. The van der Waals surface area contributed by atoms with Gasteiger partial charge in [-0.2, -0.15) is 0 Å². The van der Waals surface area contributed by atoms with E-state index in [0.29, 0.717) is 47.7 Å². The smallest absolute Gasteiger partial charge is 0.335 e. The molecule has 0 aliphatic heterocycles. The van der Waals surface area contributed by atoms with E-state index in [1.807, 2.05) is 4.57 Å². The molecule has 1 N–H and O–H groups in total. The van der Waals surface area contributed by atoms with E-state index >= 15 is 4.39 Å². The van der Waals surface area contributed by atoms with Crippen LogP contribution >= 0.6 is 0 Å². The highest BCUT2D eigenvalue weighted by Gasteiger charge is 2.16. The number of carboxylic acids is 1. The Hall–Kier alpha value is -5.14. The van der Waals surface area contributed by atoms with Gasteiger partial charge in [0.05, 0.1) is 35.5 Å². The van der Waals surface area contributed by atoms with Gasteiger partial charge in [0.25, 0.3) is 0 Å². The number of rotatable bonds is 10. The number of aromatic nitrogens is 3. The average molecular weight is 555 g/mol. The first-order chi connectivity index (χ1) is 19.9. The summed E-state index contributed by atoms with van der Waals surface area (Å²) < 4.78 is 42.3. The Balaban J connectivity index is 1.36. The van der Waals surface area contributed by atoms with Crippen LogP contribution in [0.25, 0.3) is 27.1 Å². The van der Waals surface area contributed by atoms with Crippen LogP contribution in [0, 0.1) is 18.2 Å². The zero-order valence-corrected chi connectivity index (χ0v) is 22.0. The quantitative estimate of drug-likeness (QED) is 0.200. The number of fused-ring (bicyclic) bond motifs is 1. The van der Waals surface area contributed by atoms with E-state index in [2.05, 4.69) is 14.8 Å². The number of pyridine rings is 1. The van der Waals surface area contributed by atoms with Crippen molar-refractivity contribution in [3.63, 3.8) is 0 Å². The highest BCUT2D eigenvalue weighted by Crippen LogP contribution is 2.27. The molecule has 3 aromatic carbocycles. The lowest BCUT2D eigenvalue weighted by molar-refractivity contribution is 0.0697. The second kappa shape index (κ2) is 11.9. The molecule has 10 heteroatoms. The third-order valence-corrected chi connectivity index (χ3v) is 6.53. The van der Waals surface area contributed by atoms with Gasteiger partial charge in [-0.25, -0.2) is 28.4 Å². The van der Waals surface area contributed by atoms with Gasteiger partial charge in [0, 0.05) is 37.3 Å². The fourth-order valence-corrected chi connectivity index (χ4v) is 4.45. The molecule has 5 aromatic rings. The Morgan fingerprint density at radius 1 is 1.02 bits per heavy atom. The molecule has 0 bridgehead atoms. The van der Waals surface area contributed by atoms with E-state index in [-0.39, 0.29) is 34.9 Å². The minimum atomic E-state index is -1.03. The third kappa shape index (κ3) is 6.05. The maximum atomic E-state index is 15.3. The predicted octanol–water partition coefficient (Wildman–Crippen LogP) is 6.44. The van der Waals surface area contributed by atoms with Gasteiger partial charge < -0.3 is 19.1 Å². The van der Waals surface area contributed by atoms with Crippen molar-refractivity contribution in [2.45, 2.75) is 19.6 Å². The van der Waals surface area contributed by atoms with Gasteiger partial charge in [0.1, 0.15) is 24.1 Å². The van der Waals surface area contributed by atoms with Crippen LogP contribution in [0.2, 0.25) is 0 Å². The number of ether oxygens (including phenoxy) is 2. The molecule has 8 nitrogen and oxygen atoms in total.